The third-order valence-electron chi connectivity index (χ3n) is 1.93. The van der Waals surface area contributed by atoms with Gasteiger partial charge in [0.1, 0.15) is 0 Å². The Hall–Kier alpha value is -1.29. The summed E-state index contributed by atoms with van der Waals surface area (Å²) in [6.45, 7) is 0.801. The lowest BCUT2D eigenvalue weighted by atomic mass is 10.2. The minimum atomic E-state index is -3.23. The molecule has 1 aromatic heterocycles. The van der Waals surface area contributed by atoms with Crippen molar-refractivity contribution >= 4 is 27.6 Å². The molecule has 1 aromatic rings. The minimum Gasteiger partial charge on any atom is -0.329 e. The fraction of sp³-hybridized carbons (Fsp3) is 0.375. The molecule has 0 amide bonds. The quantitative estimate of drug-likeness (QED) is 0.486. The lowest BCUT2D eigenvalue weighted by Crippen LogP contribution is -2.49. The molecule has 2 rings (SSSR count). The van der Waals surface area contributed by atoms with E-state index in [9.17, 15) is 0 Å². The minimum absolute atomic E-state index is 0.401. The predicted molar refractivity (Wildman–Crippen MR) is 59.9 cm³/mol. The molecule has 1 aliphatic rings. The van der Waals surface area contributed by atoms with Crippen molar-refractivity contribution in [3.63, 3.8) is 0 Å². The maximum absolute atomic E-state index is 8.44. The van der Waals surface area contributed by atoms with Gasteiger partial charge in [-0.3, -0.25) is 0 Å². The van der Waals surface area contributed by atoms with E-state index >= 15 is 0 Å². The number of nitrogens with zero attached hydrogens (tertiary/aromatic N) is 4. The Balaban J connectivity index is 1.88. The highest BCUT2D eigenvalue weighted by molar-refractivity contribution is 9.10. The Morgan fingerprint density at radius 3 is 2.41 bits per heavy atom. The van der Waals surface area contributed by atoms with E-state index in [0.29, 0.717) is 24.7 Å². The second-order valence-corrected chi connectivity index (χ2v) is 4.30. The van der Waals surface area contributed by atoms with Crippen LogP contribution in [-0.2, 0) is 4.84 Å². The van der Waals surface area contributed by atoms with Crippen LogP contribution in [0.15, 0.2) is 22.0 Å². The molecule has 0 aromatic carbocycles. The van der Waals surface area contributed by atoms with E-state index in [2.05, 4.69) is 35.9 Å². The molecule has 0 radical (unpaired) electrons. The van der Waals surface area contributed by atoms with Crippen molar-refractivity contribution in [1.29, 1.82) is 0 Å². The van der Waals surface area contributed by atoms with Gasteiger partial charge in [0, 0.05) is 12.4 Å². The number of hydrogen-bond acceptors (Lipinski definition) is 8. The lowest BCUT2D eigenvalue weighted by Gasteiger charge is -2.31. The summed E-state index contributed by atoms with van der Waals surface area (Å²) in [5.74, 6) is 0.537. The first kappa shape index (κ1) is 12.2. The van der Waals surface area contributed by atoms with E-state index < -0.39 is 6.16 Å². The van der Waals surface area contributed by atoms with Crippen LogP contribution in [0.25, 0.3) is 0 Å². The van der Waals surface area contributed by atoms with Crippen molar-refractivity contribution < 1.29 is 20.2 Å². The van der Waals surface area contributed by atoms with Crippen LogP contribution in [0.4, 0.5) is 5.95 Å². The molecule has 1 aliphatic heterocycles. The monoisotopic (exact) mass is 304 g/mol. The van der Waals surface area contributed by atoms with Gasteiger partial charge in [-0.05, 0) is 15.9 Å². The van der Waals surface area contributed by atoms with Gasteiger partial charge in [0.15, 0.2) is 0 Å². The molecule has 0 saturated carbocycles. The molecule has 1 saturated heterocycles. The molecule has 3 N–H and O–H groups in total. The summed E-state index contributed by atoms with van der Waals surface area (Å²) in [5.41, 5.74) is 0.540. The van der Waals surface area contributed by atoms with Crippen LogP contribution in [0.3, 0.4) is 0 Å². The van der Waals surface area contributed by atoms with Crippen molar-refractivity contribution in [2.24, 2.45) is 5.16 Å². The molecular formula is C8H9BrN4O4. The van der Waals surface area contributed by atoms with Crippen molar-refractivity contribution in [2.45, 2.75) is 6.16 Å². The molecule has 1 fully saturated rings. The average Bonchev–Trinajstić information content (AvgIpc) is 2.16. The topological polar surface area (TPSA) is 111 Å². The second kappa shape index (κ2) is 4.53. The number of oxime groups is 1. The molecule has 2 heterocycles. The lowest BCUT2D eigenvalue weighted by molar-refractivity contribution is -0.455. The third-order valence-corrected chi connectivity index (χ3v) is 2.34. The first-order chi connectivity index (χ1) is 7.94. The van der Waals surface area contributed by atoms with Crippen LogP contribution in [0.1, 0.15) is 0 Å². The molecule has 0 bridgehead atoms. The standard InChI is InChI=1S/C8H9BrN4O4/c9-5-1-10-7(11-2-5)13-3-6(4-13)12-17-8(14,15)16/h1-2,14-16H,3-4H2. The smallest absolute Gasteiger partial charge is 0.329 e. The van der Waals surface area contributed by atoms with E-state index in [1.807, 2.05) is 0 Å². The fourth-order valence-electron chi connectivity index (χ4n) is 1.19. The summed E-state index contributed by atoms with van der Waals surface area (Å²) in [5, 5.41) is 28.7. The van der Waals surface area contributed by atoms with Crippen LogP contribution in [0.2, 0.25) is 0 Å². The van der Waals surface area contributed by atoms with Gasteiger partial charge in [-0.15, -0.1) is 0 Å². The summed E-state index contributed by atoms with van der Waals surface area (Å²) in [6, 6.07) is 0. The Morgan fingerprint density at radius 2 is 1.88 bits per heavy atom. The van der Waals surface area contributed by atoms with Crippen LogP contribution >= 0.6 is 15.9 Å². The van der Waals surface area contributed by atoms with Gasteiger partial charge in [-0.25, -0.2) is 9.97 Å². The van der Waals surface area contributed by atoms with Gasteiger partial charge >= 0.3 is 6.16 Å². The first-order valence-electron chi connectivity index (χ1n) is 4.57. The molecule has 0 aliphatic carbocycles. The number of hydrogen-bond donors (Lipinski definition) is 3. The highest BCUT2D eigenvalue weighted by atomic mass is 79.9. The number of rotatable bonds is 3. The normalized spacial score (nSPS) is 15.5. The van der Waals surface area contributed by atoms with E-state index in [4.69, 9.17) is 15.3 Å². The average molecular weight is 305 g/mol. The summed E-state index contributed by atoms with van der Waals surface area (Å²) in [6.07, 6.45) is 0.00383. The van der Waals surface area contributed by atoms with Gasteiger partial charge in [0.05, 0.1) is 23.3 Å². The molecule has 17 heavy (non-hydrogen) atoms. The van der Waals surface area contributed by atoms with Crippen LogP contribution < -0.4 is 4.90 Å². The zero-order chi connectivity index (χ0) is 12.5. The molecule has 0 unspecified atom stereocenters. The van der Waals surface area contributed by atoms with E-state index in [1.54, 1.807) is 17.3 Å². The van der Waals surface area contributed by atoms with Crippen molar-refractivity contribution in [3.8, 4) is 0 Å². The fourth-order valence-corrected chi connectivity index (χ4v) is 1.39. The van der Waals surface area contributed by atoms with E-state index in [1.165, 1.54) is 0 Å². The molecule has 9 heteroatoms. The van der Waals surface area contributed by atoms with Gasteiger partial charge in [-0.2, -0.15) is 0 Å². The Morgan fingerprint density at radius 1 is 1.29 bits per heavy atom. The second-order valence-electron chi connectivity index (χ2n) is 3.38. The zero-order valence-electron chi connectivity index (χ0n) is 8.49. The number of halogens is 1. The molecule has 0 atom stereocenters. The highest BCUT2D eigenvalue weighted by Crippen LogP contribution is 2.16. The van der Waals surface area contributed by atoms with Crippen LogP contribution in [0, 0.1) is 0 Å². The molecular weight excluding hydrogens is 296 g/mol. The maximum Gasteiger partial charge on any atom is 0.473 e. The van der Waals surface area contributed by atoms with E-state index in [-0.39, 0.29) is 0 Å². The van der Waals surface area contributed by atoms with Crippen LogP contribution in [0.5, 0.6) is 0 Å². The SMILES string of the molecule is OC(O)(O)ON=C1CN(c2ncc(Br)cn2)C1. The van der Waals surface area contributed by atoms with Crippen molar-refractivity contribution in [1.82, 2.24) is 9.97 Å². The Kier molecular flexibility index (Phi) is 3.24. The van der Waals surface area contributed by atoms with Crippen molar-refractivity contribution in [2.75, 3.05) is 18.0 Å². The van der Waals surface area contributed by atoms with Crippen molar-refractivity contribution in [3.05, 3.63) is 16.9 Å². The molecule has 92 valence electrons. The van der Waals surface area contributed by atoms with Gasteiger partial charge in [0.2, 0.25) is 5.95 Å². The van der Waals surface area contributed by atoms with Gasteiger partial charge in [-0.1, -0.05) is 5.16 Å². The molecule has 8 nitrogen and oxygen atoms in total. The summed E-state index contributed by atoms with van der Waals surface area (Å²) in [7, 11) is 0. The first-order valence-corrected chi connectivity index (χ1v) is 5.37. The van der Waals surface area contributed by atoms with Gasteiger partial charge in [0.25, 0.3) is 0 Å². The largest absolute Gasteiger partial charge is 0.473 e. The molecule has 0 spiro atoms. The third kappa shape index (κ3) is 3.33. The number of anilines is 1. The highest BCUT2D eigenvalue weighted by Gasteiger charge is 2.27. The maximum atomic E-state index is 8.44. The van der Waals surface area contributed by atoms with Crippen LogP contribution in [-0.4, -0.2) is 50.2 Å². The Bertz CT molecular complexity index is 422. The summed E-state index contributed by atoms with van der Waals surface area (Å²) >= 11 is 3.22. The summed E-state index contributed by atoms with van der Waals surface area (Å²) in [4.78, 5) is 13.9. The number of aliphatic hydroxyl groups is 3. The van der Waals surface area contributed by atoms with Gasteiger partial charge < -0.3 is 25.1 Å². The summed E-state index contributed by atoms with van der Waals surface area (Å²) < 4.78 is 0.782. The zero-order valence-corrected chi connectivity index (χ0v) is 10.1. The van der Waals surface area contributed by atoms with E-state index in [0.717, 1.165) is 4.47 Å². The predicted octanol–water partition coefficient (Wildman–Crippen LogP) is -0.980. The Labute approximate surface area is 104 Å². The number of aromatic nitrogens is 2.